The van der Waals surface area contributed by atoms with E-state index in [-0.39, 0.29) is 17.4 Å². The van der Waals surface area contributed by atoms with Crippen molar-refractivity contribution in [3.63, 3.8) is 0 Å². The fourth-order valence-corrected chi connectivity index (χ4v) is 3.34. The van der Waals surface area contributed by atoms with Gasteiger partial charge >= 0.3 is 0 Å². The Bertz CT molecular complexity index is 388. The molecular weight excluding hydrogens is 364 g/mol. The van der Waals surface area contributed by atoms with E-state index in [1.54, 1.807) is 0 Å². The summed E-state index contributed by atoms with van der Waals surface area (Å²) in [5.74, 6) is 0.477. The topological polar surface area (TPSA) is 67.4 Å². The Hall–Kier alpha value is -1.10. The predicted molar refractivity (Wildman–Crippen MR) is 122 cm³/mol. The molecule has 1 unspecified atom stereocenters. The van der Waals surface area contributed by atoms with E-state index in [0.717, 1.165) is 32.5 Å². The first-order valence-electron chi connectivity index (χ1n) is 12.0. The van der Waals surface area contributed by atoms with Gasteiger partial charge in [0.15, 0.2) is 0 Å². The molecule has 0 aromatic carbocycles. The molecule has 2 N–H and O–H groups in total. The highest BCUT2D eigenvalue weighted by molar-refractivity contribution is 5.79. The second-order valence-corrected chi connectivity index (χ2v) is 9.20. The van der Waals surface area contributed by atoms with Crippen molar-refractivity contribution in [3.05, 3.63) is 0 Å². The molecule has 0 spiro atoms. The minimum absolute atomic E-state index is 0.220. The maximum atomic E-state index is 11.8. The van der Waals surface area contributed by atoms with Gasteiger partial charge in [-0.05, 0) is 40.2 Å². The number of hydrogen-bond donors (Lipinski definition) is 2. The molecule has 0 radical (unpaired) electrons. The first-order chi connectivity index (χ1) is 13.9. The SMILES string of the molecule is CC(C)(C)OC=O.CCCCCCCCCCCCCCNC(=O)C1CCNC1. The van der Waals surface area contributed by atoms with E-state index in [0.29, 0.717) is 6.47 Å². The van der Waals surface area contributed by atoms with Crippen molar-refractivity contribution in [1.82, 2.24) is 10.6 Å². The summed E-state index contributed by atoms with van der Waals surface area (Å²) in [7, 11) is 0. The Balaban J connectivity index is 0.000000956. The zero-order valence-electron chi connectivity index (χ0n) is 19.7. The lowest BCUT2D eigenvalue weighted by Crippen LogP contribution is -2.32. The van der Waals surface area contributed by atoms with Crippen LogP contribution in [0.4, 0.5) is 0 Å². The van der Waals surface area contributed by atoms with Crippen LogP contribution in [-0.4, -0.2) is 37.6 Å². The highest BCUT2D eigenvalue weighted by Gasteiger charge is 2.21. The molecule has 1 atom stereocenters. The van der Waals surface area contributed by atoms with Crippen LogP contribution in [0, 0.1) is 5.92 Å². The Morgan fingerprint density at radius 2 is 1.48 bits per heavy atom. The quantitative estimate of drug-likeness (QED) is 0.280. The number of hydrogen-bond acceptors (Lipinski definition) is 4. The van der Waals surface area contributed by atoms with Crippen molar-refractivity contribution in [2.75, 3.05) is 19.6 Å². The average Bonchev–Trinajstić information content (AvgIpc) is 3.20. The van der Waals surface area contributed by atoms with Crippen LogP contribution in [0.1, 0.15) is 111 Å². The summed E-state index contributed by atoms with van der Waals surface area (Å²) in [4.78, 5) is 21.4. The van der Waals surface area contributed by atoms with Gasteiger partial charge in [-0.25, -0.2) is 0 Å². The van der Waals surface area contributed by atoms with Crippen LogP contribution < -0.4 is 10.6 Å². The van der Waals surface area contributed by atoms with Gasteiger partial charge < -0.3 is 15.4 Å². The lowest BCUT2D eigenvalue weighted by molar-refractivity contribution is -0.138. The lowest BCUT2D eigenvalue weighted by atomic mass is 10.1. The van der Waals surface area contributed by atoms with Crippen LogP contribution in [0.3, 0.4) is 0 Å². The molecule has 0 bridgehead atoms. The molecule has 1 aliphatic heterocycles. The normalized spacial score (nSPS) is 16.1. The van der Waals surface area contributed by atoms with E-state index >= 15 is 0 Å². The Morgan fingerprint density at radius 1 is 0.966 bits per heavy atom. The third kappa shape index (κ3) is 20.0. The van der Waals surface area contributed by atoms with E-state index in [1.165, 1.54) is 70.6 Å². The monoisotopic (exact) mass is 412 g/mol. The first kappa shape index (κ1) is 27.9. The fourth-order valence-electron chi connectivity index (χ4n) is 3.34. The van der Waals surface area contributed by atoms with Gasteiger partial charge in [-0.2, -0.15) is 0 Å². The molecule has 0 aromatic heterocycles. The molecule has 0 aromatic rings. The minimum atomic E-state index is -0.318. The van der Waals surface area contributed by atoms with Gasteiger partial charge in [-0.3, -0.25) is 9.59 Å². The number of ether oxygens (including phenoxy) is 1. The summed E-state index contributed by atoms with van der Waals surface area (Å²) >= 11 is 0. The zero-order chi connectivity index (χ0) is 21.8. The number of rotatable bonds is 15. The van der Waals surface area contributed by atoms with Crippen LogP contribution in [0.15, 0.2) is 0 Å². The number of carbonyl (C=O) groups is 2. The number of unbranched alkanes of at least 4 members (excludes halogenated alkanes) is 11. The van der Waals surface area contributed by atoms with E-state index in [4.69, 9.17) is 0 Å². The summed E-state index contributed by atoms with van der Waals surface area (Å²) < 4.78 is 4.55. The molecule has 1 rings (SSSR count). The van der Waals surface area contributed by atoms with Crippen molar-refractivity contribution < 1.29 is 14.3 Å². The summed E-state index contributed by atoms with van der Waals surface area (Å²) in [6.07, 6.45) is 17.4. The first-order valence-corrected chi connectivity index (χ1v) is 12.0. The minimum Gasteiger partial charge on any atom is -0.462 e. The van der Waals surface area contributed by atoms with Gasteiger partial charge in [0, 0.05) is 13.1 Å². The summed E-state index contributed by atoms with van der Waals surface area (Å²) in [5.41, 5.74) is -0.318. The van der Waals surface area contributed by atoms with Crippen LogP contribution in [0.25, 0.3) is 0 Å². The van der Waals surface area contributed by atoms with Crippen LogP contribution in [-0.2, 0) is 14.3 Å². The van der Waals surface area contributed by atoms with Crippen molar-refractivity contribution in [2.24, 2.45) is 5.92 Å². The highest BCUT2D eigenvalue weighted by atomic mass is 16.5. The van der Waals surface area contributed by atoms with Crippen molar-refractivity contribution in [2.45, 2.75) is 117 Å². The molecule has 1 saturated heterocycles. The largest absolute Gasteiger partial charge is 0.462 e. The second-order valence-electron chi connectivity index (χ2n) is 9.20. The van der Waals surface area contributed by atoms with Gasteiger partial charge in [0.25, 0.3) is 6.47 Å². The molecule has 0 saturated carbocycles. The van der Waals surface area contributed by atoms with Crippen LogP contribution in [0.5, 0.6) is 0 Å². The Labute approximate surface area is 180 Å². The predicted octanol–water partition coefficient (Wildman–Crippen LogP) is 5.37. The number of nitrogens with one attached hydrogen (secondary N) is 2. The van der Waals surface area contributed by atoms with Gasteiger partial charge in [0.05, 0.1) is 5.92 Å². The van der Waals surface area contributed by atoms with Crippen molar-refractivity contribution in [3.8, 4) is 0 Å². The maximum Gasteiger partial charge on any atom is 0.293 e. The average molecular weight is 413 g/mol. The van der Waals surface area contributed by atoms with E-state index in [2.05, 4.69) is 22.3 Å². The Kier molecular flexibility index (Phi) is 18.2. The van der Waals surface area contributed by atoms with Gasteiger partial charge in [0.2, 0.25) is 5.91 Å². The zero-order valence-corrected chi connectivity index (χ0v) is 19.7. The molecule has 172 valence electrons. The highest BCUT2D eigenvalue weighted by Crippen LogP contribution is 2.12. The molecule has 1 heterocycles. The fraction of sp³-hybridized carbons (Fsp3) is 0.917. The maximum absolute atomic E-state index is 11.8. The second kappa shape index (κ2) is 18.9. The third-order valence-electron chi connectivity index (χ3n) is 5.16. The van der Waals surface area contributed by atoms with Gasteiger partial charge in [0.1, 0.15) is 5.60 Å². The van der Waals surface area contributed by atoms with E-state index < -0.39 is 0 Å². The molecule has 1 amide bonds. The molecule has 29 heavy (non-hydrogen) atoms. The lowest BCUT2D eigenvalue weighted by Gasteiger charge is -2.14. The van der Waals surface area contributed by atoms with E-state index in [9.17, 15) is 9.59 Å². The molecular formula is C24H48N2O3. The third-order valence-corrected chi connectivity index (χ3v) is 5.16. The molecule has 5 nitrogen and oxygen atoms in total. The van der Waals surface area contributed by atoms with Gasteiger partial charge in [-0.15, -0.1) is 0 Å². The standard InChI is InChI=1S/C19H38N2O.C5H10O2/c1-2-3-4-5-6-7-8-9-10-11-12-13-15-21-19(22)18-14-16-20-17-18;1-5(2,3)7-4-6/h18,20H,2-17H2,1H3,(H,21,22);4H,1-3H3. The molecule has 1 fully saturated rings. The van der Waals surface area contributed by atoms with Crippen LogP contribution >= 0.6 is 0 Å². The van der Waals surface area contributed by atoms with Gasteiger partial charge in [-0.1, -0.05) is 77.6 Å². The van der Waals surface area contributed by atoms with Crippen molar-refractivity contribution in [1.29, 1.82) is 0 Å². The smallest absolute Gasteiger partial charge is 0.293 e. The number of carbonyl (C=O) groups excluding carboxylic acids is 2. The molecule has 0 aliphatic carbocycles. The van der Waals surface area contributed by atoms with Crippen molar-refractivity contribution >= 4 is 12.4 Å². The summed E-state index contributed by atoms with van der Waals surface area (Å²) in [5, 5.41) is 6.32. The van der Waals surface area contributed by atoms with Crippen LogP contribution in [0.2, 0.25) is 0 Å². The molecule has 1 aliphatic rings. The summed E-state index contributed by atoms with van der Waals surface area (Å²) in [6, 6.07) is 0. The molecule has 5 heteroatoms. The summed E-state index contributed by atoms with van der Waals surface area (Å²) in [6.45, 7) is 10.9. The van der Waals surface area contributed by atoms with E-state index in [1.807, 2.05) is 20.8 Å². The Morgan fingerprint density at radius 3 is 1.86 bits per heavy atom. The number of amides is 1.